The van der Waals surface area contributed by atoms with Crippen LogP contribution in [0.1, 0.15) is 20.8 Å². The second-order valence-corrected chi connectivity index (χ2v) is 7.67. The summed E-state index contributed by atoms with van der Waals surface area (Å²) < 4.78 is 1.18. The van der Waals surface area contributed by atoms with Crippen LogP contribution in [0.15, 0.2) is 33.8 Å². The van der Waals surface area contributed by atoms with Gasteiger partial charge in [-0.3, -0.25) is 4.98 Å². The van der Waals surface area contributed by atoms with Gasteiger partial charge in [0.15, 0.2) is 0 Å². The number of nitrogen functional groups attached to an aromatic ring is 1. The van der Waals surface area contributed by atoms with Crippen molar-refractivity contribution in [2.75, 3.05) is 5.73 Å². The fourth-order valence-electron chi connectivity index (χ4n) is 1.58. The molecule has 2 N–H and O–H groups in total. The van der Waals surface area contributed by atoms with Crippen LogP contribution in [0.5, 0.6) is 0 Å². The second-order valence-electron chi connectivity index (χ2n) is 4.92. The largest absolute Gasteiger partial charge is 0.397 e. The number of nitrogens with zero attached hydrogens (tertiary/aromatic N) is 1. The van der Waals surface area contributed by atoms with Gasteiger partial charge in [0.25, 0.3) is 0 Å². The van der Waals surface area contributed by atoms with Crippen molar-refractivity contribution in [2.24, 2.45) is 0 Å². The van der Waals surface area contributed by atoms with E-state index in [-0.39, 0.29) is 4.75 Å². The molecule has 4 heteroatoms. The fourth-order valence-corrected chi connectivity index (χ4v) is 2.99. The maximum Gasteiger partial charge on any atom is 0.0715 e. The van der Waals surface area contributed by atoms with Crippen LogP contribution in [0.3, 0.4) is 0 Å². The molecule has 17 heavy (non-hydrogen) atoms. The number of hydrogen-bond acceptors (Lipinski definition) is 3. The zero-order chi connectivity index (χ0) is 12.6. The smallest absolute Gasteiger partial charge is 0.0715 e. The van der Waals surface area contributed by atoms with Crippen molar-refractivity contribution in [3.05, 3.63) is 28.9 Å². The fraction of sp³-hybridized carbons (Fsp3) is 0.308. The van der Waals surface area contributed by atoms with Crippen LogP contribution in [-0.4, -0.2) is 9.73 Å². The minimum Gasteiger partial charge on any atom is -0.397 e. The number of rotatable bonds is 1. The van der Waals surface area contributed by atoms with Gasteiger partial charge in [0.2, 0.25) is 0 Å². The van der Waals surface area contributed by atoms with E-state index in [1.165, 1.54) is 0 Å². The molecule has 2 rings (SSSR count). The van der Waals surface area contributed by atoms with Gasteiger partial charge in [-0.25, -0.2) is 0 Å². The Morgan fingerprint density at radius 1 is 1.29 bits per heavy atom. The minimum absolute atomic E-state index is 0.130. The number of halogens is 1. The Morgan fingerprint density at radius 2 is 2.00 bits per heavy atom. The van der Waals surface area contributed by atoms with E-state index in [1.807, 2.05) is 12.1 Å². The molecule has 0 atom stereocenters. The Labute approximate surface area is 114 Å². The molecule has 0 aliphatic rings. The van der Waals surface area contributed by atoms with Crippen molar-refractivity contribution in [3.63, 3.8) is 0 Å². The van der Waals surface area contributed by atoms with E-state index in [0.717, 1.165) is 26.0 Å². The van der Waals surface area contributed by atoms with Crippen molar-refractivity contribution in [2.45, 2.75) is 30.4 Å². The average Bonchev–Trinajstić information content (AvgIpc) is 2.21. The van der Waals surface area contributed by atoms with Crippen molar-refractivity contribution >= 4 is 44.3 Å². The highest BCUT2D eigenvalue weighted by molar-refractivity contribution is 9.10. The van der Waals surface area contributed by atoms with E-state index < -0.39 is 0 Å². The lowest BCUT2D eigenvalue weighted by Crippen LogP contribution is -2.08. The normalized spacial score (nSPS) is 12.0. The van der Waals surface area contributed by atoms with Crippen LogP contribution in [0.4, 0.5) is 5.69 Å². The van der Waals surface area contributed by atoms with Crippen LogP contribution in [0.25, 0.3) is 10.9 Å². The minimum atomic E-state index is 0.130. The van der Waals surface area contributed by atoms with Crippen LogP contribution in [0, 0.1) is 0 Å². The summed E-state index contributed by atoms with van der Waals surface area (Å²) in [6, 6.07) is 6.08. The summed E-state index contributed by atoms with van der Waals surface area (Å²) in [7, 11) is 0. The molecule has 2 aromatic rings. The van der Waals surface area contributed by atoms with Crippen LogP contribution in [-0.2, 0) is 0 Å². The highest BCUT2D eigenvalue weighted by Crippen LogP contribution is 2.40. The number of anilines is 1. The summed E-state index contributed by atoms with van der Waals surface area (Å²) in [5, 5.41) is 1.11. The van der Waals surface area contributed by atoms with Crippen LogP contribution in [0.2, 0.25) is 0 Å². The Bertz CT molecular complexity index is 556. The predicted octanol–water partition coefficient (Wildman–Crippen LogP) is 4.47. The number of pyridine rings is 1. The van der Waals surface area contributed by atoms with Crippen LogP contribution < -0.4 is 5.73 Å². The van der Waals surface area contributed by atoms with Gasteiger partial charge >= 0.3 is 0 Å². The lowest BCUT2D eigenvalue weighted by molar-refractivity contribution is 0.803. The molecule has 90 valence electrons. The first-order chi connectivity index (χ1) is 7.87. The Balaban J connectivity index is 2.66. The molecule has 0 saturated carbocycles. The molecule has 0 aliphatic heterocycles. The average molecular weight is 311 g/mol. The molecule has 0 radical (unpaired) electrons. The third kappa shape index (κ3) is 2.93. The lowest BCUT2D eigenvalue weighted by atomic mass is 10.2. The van der Waals surface area contributed by atoms with Crippen molar-refractivity contribution in [1.82, 2.24) is 4.98 Å². The first-order valence-corrected chi connectivity index (χ1v) is 7.00. The lowest BCUT2D eigenvalue weighted by Gasteiger charge is -2.20. The number of hydrogen-bond donors (Lipinski definition) is 1. The second kappa shape index (κ2) is 4.50. The van der Waals surface area contributed by atoms with Crippen LogP contribution >= 0.6 is 27.7 Å². The van der Waals surface area contributed by atoms with Gasteiger partial charge < -0.3 is 5.73 Å². The molecule has 1 aromatic carbocycles. The summed E-state index contributed by atoms with van der Waals surface area (Å²) >= 11 is 5.27. The topological polar surface area (TPSA) is 38.9 Å². The molecule has 1 aromatic heterocycles. The van der Waals surface area contributed by atoms with Gasteiger partial charge in [0, 0.05) is 19.5 Å². The van der Waals surface area contributed by atoms with Gasteiger partial charge in [0.1, 0.15) is 0 Å². The van der Waals surface area contributed by atoms with Gasteiger partial charge in [-0.2, -0.15) is 0 Å². The van der Waals surface area contributed by atoms with Crippen molar-refractivity contribution in [3.8, 4) is 0 Å². The summed E-state index contributed by atoms with van der Waals surface area (Å²) in [6.07, 6.45) is 1.74. The molecule has 0 saturated heterocycles. The zero-order valence-electron chi connectivity index (χ0n) is 10.1. The molecular weight excluding hydrogens is 296 g/mol. The first-order valence-electron chi connectivity index (χ1n) is 5.39. The maximum atomic E-state index is 6.05. The summed E-state index contributed by atoms with van der Waals surface area (Å²) in [5.41, 5.74) is 7.77. The monoisotopic (exact) mass is 310 g/mol. The molecule has 0 fully saturated rings. The molecule has 0 aliphatic carbocycles. The van der Waals surface area contributed by atoms with Gasteiger partial charge in [-0.1, -0.05) is 36.7 Å². The first kappa shape index (κ1) is 12.7. The quantitative estimate of drug-likeness (QED) is 0.790. The molecule has 0 amide bonds. The molecule has 0 unspecified atom stereocenters. The Morgan fingerprint density at radius 3 is 2.65 bits per heavy atom. The van der Waals surface area contributed by atoms with E-state index in [2.05, 4.69) is 47.8 Å². The number of fused-ring (bicyclic) bond motifs is 1. The highest BCUT2D eigenvalue weighted by Gasteiger charge is 2.17. The molecule has 2 nitrogen and oxygen atoms in total. The van der Waals surface area contributed by atoms with Crippen molar-refractivity contribution in [1.29, 1.82) is 0 Å². The number of aromatic nitrogens is 1. The summed E-state index contributed by atoms with van der Waals surface area (Å²) in [4.78, 5) is 5.47. The third-order valence-electron chi connectivity index (χ3n) is 2.22. The summed E-state index contributed by atoms with van der Waals surface area (Å²) in [6.45, 7) is 6.55. The maximum absolute atomic E-state index is 6.05. The molecular formula is C13H15BrN2S. The Kier molecular flexibility index (Phi) is 3.36. The standard InChI is InChI=1S/C13H15BrN2S/c1-13(2,3)17-12-9-6-8(14)4-5-11(9)16-7-10(12)15/h4-7H,15H2,1-3H3. The third-order valence-corrected chi connectivity index (χ3v) is 3.98. The van der Waals surface area contributed by atoms with Gasteiger partial charge in [-0.15, -0.1) is 11.8 Å². The predicted molar refractivity (Wildman–Crippen MR) is 79.5 cm³/mol. The number of thioether (sulfide) groups is 1. The van der Waals surface area contributed by atoms with E-state index >= 15 is 0 Å². The molecule has 0 bridgehead atoms. The molecule has 0 spiro atoms. The zero-order valence-corrected chi connectivity index (χ0v) is 12.5. The van der Waals surface area contributed by atoms with Crippen molar-refractivity contribution < 1.29 is 0 Å². The van der Waals surface area contributed by atoms with E-state index in [1.54, 1.807) is 18.0 Å². The Hall–Kier alpha value is -0.740. The van der Waals surface area contributed by atoms with Gasteiger partial charge in [-0.05, 0) is 18.2 Å². The number of benzene rings is 1. The number of nitrogens with two attached hydrogens (primary N) is 1. The van der Waals surface area contributed by atoms with E-state index in [4.69, 9.17) is 5.73 Å². The summed E-state index contributed by atoms with van der Waals surface area (Å²) in [5.74, 6) is 0. The molecule has 1 heterocycles. The SMILES string of the molecule is CC(C)(C)Sc1c(N)cnc2ccc(Br)cc12. The van der Waals surface area contributed by atoms with E-state index in [9.17, 15) is 0 Å². The van der Waals surface area contributed by atoms with E-state index in [0.29, 0.717) is 0 Å². The highest BCUT2D eigenvalue weighted by atomic mass is 79.9. The van der Waals surface area contributed by atoms with Gasteiger partial charge in [0.05, 0.1) is 17.4 Å².